The lowest BCUT2D eigenvalue weighted by atomic mass is 10.1. The van der Waals surface area contributed by atoms with Gasteiger partial charge in [-0.1, -0.05) is 18.2 Å². The van der Waals surface area contributed by atoms with Crippen LogP contribution in [-0.4, -0.2) is 18.4 Å². The molecule has 2 aromatic rings. The molecule has 142 valence electrons. The second kappa shape index (κ2) is 8.71. The number of nitrogens with one attached hydrogen (secondary N) is 2. The fourth-order valence-electron chi connectivity index (χ4n) is 2.92. The van der Waals surface area contributed by atoms with Crippen LogP contribution in [0.5, 0.6) is 5.75 Å². The van der Waals surface area contributed by atoms with Gasteiger partial charge in [-0.25, -0.2) is 0 Å². The smallest absolute Gasteiger partial charge is 0.227 e. The number of benzene rings is 2. The second-order valence-electron chi connectivity index (χ2n) is 7.16. The van der Waals surface area contributed by atoms with Crippen molar-refractivity contribution in [2.75, 3.05) is 11.9 Å². The summed E-state index contributed by atoms with van der Waals surface area (Å²) < 4.78 is 5.67. The van der Waals surface area contributed by atoms with E-state index in [2.05, 4.69) is 16.7 Å². The molecule has 1 aliphatic rings. The summed E-state index contributed by atoms with van der Waals surface area (Å²) in [5.74, 6) is 0.983. The van der Waals surface area contributed by atoms with Crippen molar-refractivity contribution in [1.82, 2.24) is 5.32 Å². The number of aryl methyl sites for hydroxylation is 2. The van der Waals surface area contributed by atoms with Gasteiger partial charge in [0, 0.05) is 18.2 Å². The van der Waals surface area contributed by atoms with E-state index in [9.17, 15) is 9.59 Å². The molecule has 5 heteroatoms. The summed E-state index contributed by atoms with van der Waals surface area (Å²) in [6, 6.07) is 13.6. The van der Waals surface area contributed by atoms with E-state index in [1.807, 2.05) is 50.2 Å². The van der Waals surface area contributed by atoms with Crippen LogP contribution in [0, 0.1) is 19.8 Å². The topological polar surface area (TPSA) is 67.4 Å². The van der Waals surface area contributed by atoms with Gasteiger partial charge in [0.25, 0.3) is 0 Å². The van der Waals surface area contributed by atoms with E-state index >= 15 is 0 Å². The Hall–Kier alpha value is -2.82. The molecule has 3 rings (SSSR count). The molecular weight excluding hydrogens is 340 g/mol. The lowest BCUT2D eigenvalue weighted by molar-refractivity contribution is -0.121. The van der Waals surface area contributed by atoms with Gasteiger partial charge in [-0.15, -0.1) is 0 Å². The molecule has 1 saturated carbocycles. The maximum absolute atomic E-state index is 12.0. The van der Waals surface area contributed by atoms with Crippen LogP contribution in [0.4, 0.5) is 5.69 Å². The van der Waals surface area contributed by atoms with E-state index in [1.54, 1.807) is 0 Å². The van der Waals surface area contributed by atoms with Gasteiger partial charge in [-0.05, 0) is 67.6 Å². The first kappa shape index (κ1) is 19.0. The molecule has 0 unspecified atom stereocenters. The van der Waals surface area contributed by atoms with Gasteiger partial charge < -0.3 is 15.4 Å². The first-order valence-electron chi connectivity index (χ1n) is 9.37. The van der Waals surface area contributed by atoms with Crippen LogP contribution in [0.25, 0.3) is 0 Å². The second-order valence-corrected chi connectivity index (χ2v) is 7.16. The van der Waals surface area contributed by atoms with Gasteiger partial charge in [0.15, 0.2) is 0 Å². The van der Waals surface area contributed by atoms with Crippen LogP contribution in [0.3, 0.4) is 0 Å². The molecule has 2 N–H and O–H groups in total. The quantitative estimate of drug-likeness (QED) is 0.748. The zero-order valence-electron chi connectivity index (χ0n) is 15.9. The van der Waals surface area contributed by atoms with E-state index in [4.69, 9.17) is 4.74 Å². The third-order valence-electron chi connectivity index (χ3n) is 4.43. The number of hydrogen-bond donors (Lipinski definition) is 2. The molecular formula is C22H26N2O3. The van der Waals surface area contributed by atoms with E-state index in [0.717, 1.165) is 41.0 Å². The Morgan fingerprint density at radius 3 is 2.52 bits per heavy atom. The number of carbonyl (C=O) groups is 2. The third kappa shape index (κ3) is 6.13. The number of amides is 2. The summed E-state index contributed by atoms with van der Waals surface area (Å²) >= 11 is 0. The number of anilines is 1. The van der Waals surface area contributed by atoms with Gasteiger partial charge >= 0.3 is 0 Å². The summed E-state index contributed by atoms with van der Waals surface area (Å²) in [6.45, 7) is 4.81. The summed E-state index contributed by atoms with van der Waals surface area (Å²) in [5.41, 5.74) is 4.01. The van der Waals surface area contributed by atoms with Gasteiger partial charge in [0.05, 0.1) is 13.0 Å². The molecule has 0 spiro atoms. The van der Waals surface area contributed by atoms with Crippen molar-refractivity contribution in [3.05, 3.63) is 59.2 Å². The van der Waals surface area contributed by atoms with Crippen molar-refractivity contribution in [2.24, 2.45) is 5.92 Å². The molecule has 27 heavy (non-hydrogen) atoms. The molecule has 0 radical (unpaired) electrons. The van der Waals surface area contributed by atoms with Gasteiger partial charge in [-0.3, -0.25) is 9.59 Å². The highest BCUT2D eigenvalue weighted by atomic mass is 16.5. The molecule has 0 heterocycles. The van der Waals surface area contributed by atoms with Crippen molar-refractivity contribution in [3.8, 4) is 5.75 Å². The fraction of sp³-hybridized carbons (Fsp3) is 0.364. The van der Waals surface area contributed by atoms with E-state index in [0.29, 0.717) is 19.6 Å². The monoisotopic (exact) mass is 366 g/mol. The average molecular weight is 366 g/mol. The molecule has 0 saturated heterocycles. The van der Waals surface area contributed by atoms with Crippen LogP contribution in [0.15, 0.2) is 42.5 Å². The van der Waals surface area contributed by atoms with E-state index in [1.165, 1.54) is 0 Å². The number of rotatable bonds is 8. The zero-order valence-corrected chi connectivity index (χ0v) is 15.9. The van der Waals surface area contributed by atoms with E-state index in [-0.39, 0.29) is 17.7 Å². The number of hydrogen-bond acceptors (Lipinski definition) is 3. The van der Waals surface area contributed by atoms with Crippen LogP contribution >= 0.6 is 0 Å². The largest absolute Gasteiger partial charge is 0.493 e. The van der Waals surface area contributed by atoms with Crippen molar-refractivity contribution < 1.29 is 14.3 Å². The van der Waals surface area contributed by atoms with E-state index < -0.39 is 0 Å². The molecule has 1 fully saturated rings. The zero-order chi connectivity index (χ0) is 19.2. The highest BCUT2D eigenvalue weighted by molar-refractivity contribution is 5.94. The third-order valence-corrected chi connectivity index (χ3v) is 4.43. The summed E-state index contributed by atoms with van der Waals surface area (Å²) in [5, 5.41) is 5.81. The molecule has 5 nitrogen and oxygen atoms in total. The predicted molar refractivity (Wildman–Crippen MR) is 106 cm³/mol. The summed E-state index contributed by atoms with van der Waals surface area (Å²) in [6.07, 6.45) is 2.25. The maximum atomic E-state index is 12.0. The highest BCUT2D eigenvalue weighted by Crippen LogP contribution is 2.30. The summed E-state index contributed by atoms with van der Waals surface area (Å²) in [4.78, 5) is 23.9. The normalized spacial score (nSPS) is 13.1. The van der Waals surface area contributed by atoms with Crippen molar-refractivity contribution >= 4 is 17.5 Å². The van der Waals surface area contributed by atoms with Gasteiger partial charge in [0.2, 0.25) is 11.8 Å². The van der Waals surface area contributed by atoms with Gasteiger partial charge in [0.1, 0.15) is 5.75 Å². The fourth-order valence-corrected chi connectivity index (χ4v) is 2.92. The van der Waals surface area contributed by atoms with Crippen LogP contribution < -0.4 is 15.4 Å². The Kier molecular flexibility index (Phi) is 6.12. The Balaban J connectivity index is 1.41. The minimum Gasteiger partial charge on any atom is -0.493 e. The standard InChI is InChI=1S/C22H26N2O3/c1-15-10-16(2)12-20(11-15)27-9-8-21(25)23-14-17-4-3-5-19(13-17)24-22(26)18-6-7-18/h3-5,10-13,18H,6-9,14H2,1-2H3,(H,23,25)(H,24,26). The number of carbonyl (C=O) groups excluding carboxylic acids is 2. The lowest BCUT2D eigenvalue weighted by Crippen LogP contribution is -2.24. The Morgan fingerprint density at radius 2 is 1.81 bits per heavy atom. The molecule has 0 atom stereocenters. The first-order chi connectivity index (χ1) is 13.0. The maximum Gasteiger partial charge on any atom is 0.227 e. The van der Waals surface area contributed by atoms with Crippen LogP contribution in [0.2, 0.25) is 0 Å². The molecule has 2 amide bonds. The van der Waals surface area contributed by atoms with Gasteiger partial charge in [-0.2, -0.15) is 0 Å². The van der Waals surface area contributed by atoms with Crippen LogP contribution in [0.1, 0.15) is 36.0 Å². The molecule has 1 aliphatic carbocycles. The Morgan fingerprint density at radius 1 is 1.07 bits per heavy atom. The average Bonchev–Trinajstić information content (AvgIpc) is 3.45. The lowest BCUT2D eigenvalue weighted by Gasteiger charge is -2.10. The summed E-state index contributed by atoms with van der Waals surface area (Å²) in [7, 11) is 0. The Labute approximate surface area is 160 Å². The molecule has 0 aromatic heterocycles. The van der Waals surface area contributed by atoms with Crippen molar-refractivity contribution in [3.63, 3.8) is 0 Å². The molecule has 0 bridgehead atoms. The molecule has 0 aliphatic heterocycles. The highest BCUT2D eigenvalue weighted by Gasteiger charge is 2.29. The molecule has 2 aromatic carbocycles. The predicted octanol–water partition coefficient (Wildman–Crippen LogP) is 3.74. The SMILES string of the molecule is Cc1cc(C)cc(OCCC(=O)NCc2cccc(NC(=O)C3CC3)c2)c1. The van der Waals surface area contributed by atoms with Crippen molar-refractivity contribution in [2.45, 2.75) is 39.7 Å². The minimum atomic E-state index is -0.0632. The first-order valence-corrected chi connectivity index (χ1v) is 9.37. The Bertz CT molecular complexity index is 808. The number of ether oxygens (including phenoxy) is 1. The van der Waals surface area contributed by atoms with Crippen LogP contribution in [-0.2, 0) is 16.1 Å². The minimum absolute atomic E-state index is 0.0632. The van der Waals surface area contributed by atoms with Crippen molar-refractivity contribution in [1.29, 1.82) is 0 Å².